The number of aryl methyl sites for hydroxylation is 1. The van der Waals surface area contributed by atoms with Gasteiger partial charge in [-0.2, -0.15) is 0 Å². The SMILES string of the molecule is Cc1ccc(C2[CH]C2(C)C)cc1. The fourth-order valence-electron chi connectivity index (χ4n) is 1.68. The van der Waals surface area contributed by atoms with Gasteiger partial charge in [0.2, 0.25) is 0 Å². The molecule has 0 nitrogen and oxygen atoms in total. The van der Waals surface area contributed by atoms with Gasteiger partial charge in [0, 0.05) is 0 Å². The van der Waals surface area contributed by atoms with Crippen LogP contribution in [0.2, 0.25) is 0 Å². The van der Waals surface area contributed by atoms with Crippen LogP contribution in [0.25, 0.3) is 0 Å². The Balaban J connectivity index is 2.21. The van der Waals surface area contributed by atoms with E-state index >= 15 is 0 Å². The Morgan fingerprint density at radius 1 is 1.08 bits per heavy atom. The second kappa shape index (κ2) is 2.35. The lowest BCUT2D eigenvalue weighted by molar-refractivity contribution is 0.640. The molecule has 0 aliphatic heterocycles. The lowest BCUT2D eigenvalue weighted by Crippen LogP contribution is -1.89. The molecule has 0 bridgehead atoms. The smallest absolute Gasteiger partial charge is 0.00709 e. The minimum atomic E-state index is 0.440. The molecule has 1 aliphatic rings. The Morgan fingerprint density at radius 2 is 1.58 bits per heavy atom. The van der Waals surface area contributed by atoms with Crippen molar-refractivity contribution in [3.05, 3.63) is 41.8 Å². The highest BCUT2D eigenvalue weighted by atomic mass is 14.5. The Morgan fingerprint density at radius 3 is 2.00 bits per heavy atom. The third-order valence-corrected chi connectivity index (χ3v) is 2.73. The Labute approximate surface area is 74.6 Å². The summed E-state index contributed by atoms with van der Waals surface area (Å²) in [6, 6.07) is 8.87. The summed E-state index contributed by atoms with van der Waals surface area (Å²) in [7, 11) is 0. The van der Waals surface area contributed by atoms with Gasteiger partial charge in [0.1, 0.15) is 0 Å². The van der Waals surface area contributed by atoms with Crippen molar-refractivity contribution in [3.8, 4) is 0 Å². The maximum atomic E-state index is 2.40. The molecule has 0 spiro atoms. The van der Waals surface area contributed by atoms with Crippen molar-refractivity contribution in [3.63, 3.8) is 0 Å². The zero-order valence-electron chi connectivity index (χ0n) is 7.96. The number of hydrogen-bond acceptors (Lipinski definition) is 0. The van der Waals surface area contributed by atoms with Crippen molar-refractivity contribution in [2.45, 2.75) is 26.7 Å². The summed E-state index contributed by atoms with van der Waals surface area (Å²) in [6.45, 7) is 6.71. The Hall–Kier alpha value is -0.780. The maximum Gasteiger partial charge on any atom is -0.00709 e. The van der Waals surface area contributed by atoms with Crippen LogP contribution in [0, 0.1) is 18.8 Å². The van der Waals surface area contributed by atoms with Crippen LogP contribution in [-0.2, 0) is 0 Å². The van der Waals surface area contributed by atoms with Crippen molar-refractivity contribution in [1.82, 2.24) is 0 Å². The third-order valence-electron chi connectivity index (χ3n) is 2.73. The second-order valence-corrected chi connectivity index (χ2v) is 4.38. The molecule has 1 aromatic rings. The molecule has 1 saturated carbocycles. The zero-order valence-corrected chi connectivity index (χ0v) is 7.96. The van der Waals surface area contributed by atoms with Crippen molar-refractivity contribution in [2.24, 2.45) is 5.41 Å². The number of benzene rings is 1. The summed E-state index contributed by atoms with van der Waals surface area (Å²) in [5, 5.41) is 0. The molecule has 0 N–H and O–H groups in total. The van der Waals surface area contributed by atoms with Crippen LogP contribution in [0.3, 0.4) is 0 Å². The fourth-order valence-corrected chi connectivity index (χ4v) is 1.68. The highest BCUT2D eigenvalue weighted by molar-refractivity contribution is 5.37. The molecule has 0 heteroatoms. The molecule has 1 atom stereocenters. The van der Waals surface area contributed by atoms with Crippen molar-refractivity contribution < 1.29 is 0 Å². The first-order valence-corrected chi connectivity index (χ1v) is 4.52. The van der Waals surface area contributed by atoms with Gasteiger partial charge in [0.15, 0.2) is 0 Å². The van der Waals surface area contributed by atoms with E-state index in [1.54, 1.807) is 0 Å². The van der Waals surface area contributed by atoms with Crippen molar-refractivity contribution >= 4 is 0 Å². The largest absolute Gasteiger partial charge is 0.0590 e. The molecular weight excluding hydrogens is 144 g/mol. The first-order chi connectivity index (χ1) is 5.59. The van der Waals surface area contributed by atoms with E-state index in [0.717, 1.165) is 0 Å². The van der Waals surface area contributed by atoms with Gasteiger partial charge in [-0.3, -0.25) is 0 Å². The molecule has 0 aromatic heterocycles. The maximum absolute atomic E-state index is 2.40. The van der Waals surface area contributed by atoms with E-state index in [4.69, 9.17) is 0 Å². The molecule has 1 radical (unpaired) electrons. The molecular formula is C12H15. The van der Waals surface area contributed by atoms with Crippen LogP contribution in [0.5, 0.6) is 0 Å². The Kier molecular flexibility index (Phi) is 1.54. The monoisotopic (exact) mass is 159 g/mol. The van der Waals surface area contributed by atoms with Gasteiger partial charge in [-0.1, -0.05) is 43.7 Å². The second-order valence-electron chi connectivity index (χ2n) is 4.38. The van der Waals surface area contributed by atoms with Crippen molar-refractivity contribution in [2.75, 3.05) is 0 Å². The normalized spacial score (nSPS) is 25.4. The van der Waals surface area contributed by atoms with Crippen LogP contribution >= 0.6 is 0 Å². The third kappa shape index (κ3) is 1.26. The fraction of sp³-hybridized carbons (Fsp3) is 0.417. The van der Waals surface area contributed by atoms with E-state index in [1.807, 2.05) is 0 Å². The Bertz CT molecular complexity index is 279. The highest BCUT2D eigenvalue weighted by Crippen LogP contribution is 2.57. The van der Waals surface area contributed by atoms with E-state index in [1.165, 1.54) is 11.1 Å². The van der Waals surface area contributed by atoms with E-state index in [9.17, 15) is 0 Å². The van der Waals surface area contributed by atoms with E-state index < -0.39 is 0 Å². The molecule has 0 heterocycles. The van der Waals surface area contributed by atoms with Crippen LogP contribution in [-0.4, -0.2) is 0 Å². The summed E-state index contributed by atoms with van der Waals surface area (Å²) in [5.74, 6) is 0.693. The molecule has 0 amide bonds. The molecule has 63 valence electrons. The number of hydrogen-bond donors (Lipinski definition) is 0. The van der Waals surface area contributed by atoms with Gasteiger partial charge < -0.3 is 0 Å². The minimum Gasteiger partial charge on any atom is -0.0590 e. The van der Waals surface area contributed by atoms with Gasteiger partial charge >= 0.3 is 0 Å². The van der Waals surface area contributed by atoms with Crippen LogP contribution in [0.15, 0.2) is 24.3 Å². The predicted octanol–water partition coefficient (Wildman–Crippen LogP) is 3.32. The van der Waals surface area contributed by atoms with Crippen molar-refractivity contribution in [1.29, 1.82) is 0 Å². The van der Waals surface area contributed by atoms with E-state index in [0.29, 0.717) is 11.3 Å². The minimum absolute atomic E-state index is 0.440. The average molecular weight is 159 g/mol. The van der Waals surface area contributed by atoms with Gasteiger partial charge in [-0.25, -0.2) is 0 Å². The average Bonchev–Trinajstić information content (AvgIpc) is 2.61. The topological polar surface area (TPSA) is 0 Å². The molecule has 1 fully saturated rings. The summed E-state index contributed by atoms with van der Waals surface area (Å²) < 4.78 is 0. The van der Waals surface area contributed by atoms with E-state index in [-0.39, 0.29) is 0 Å². The van der Waals surface area contributed by atoms with Crippen LogP contribution in [0.4, 0.5) is 0 Å². The molecule has 2 rings (SSSR count). The van der Waals surface area contributed by atoms with Crippen LogP contribution < -0.4 is 0 Å². The van der Waals surface area contributed by atoms with Crippen LogP contribution in [0.1, 0.15) is 30.9 Å². The lowest BCUT2D eigenvalue weighted by Gasteiger charge is -2.03. The first kappa shape index (κ1) is 7.85. The van der Waals surface area contributed by atoms with Gasteiger partial charge in [0.25, 0.3) is 0 Å². The molecule has 12 heavy (non-hydrogen) atoms. The zero-order chi connectivity index (χ0) is 8.77. The molecule has 1 unspecified atom stereocenters. The summed E-state index contributed by atoms with van der Waals surface area (Å²) >= 11 is 0. The quantitative estimate of drug-likeness (QED) is 0.589. The molecule has 0 saturated heterocycles. The lowest BCUT2D eigenvalue weighted by atomic mass is 10.0. The van der Waals surface area contributed by atoms with Gasteiger partial charge in [-0.05, 0) is 30.2 Å². The van der Waals surface area contributed by atoms with Gasteiger partial charge in [-0.15, -0.1) is 0 Å². The predicted molar refractivity (Wildman–Crippen MR) is 52.0 cm³/mol. The highest BCUT2D eigenvalue weighted by Gasteiger charge is 2.46. The summed E-state index contributed by atoms with van der Waals surface area (Å²) in [6.07, 6.45) is 2.40. The number of rotatable bonds is 1. The van der Waals surface area contributed by atoms with E-state index in [2.05, 4.69) is 51.5 Å². The standard InChI is InChI=1S/C12H15/c1-9-4-6-10(7-5-9)11-8-12(11,2)3/h4-8,11H,1-3H3. The first-order valence-electron chi connectivity index (χ1n) is 4.52. The molecule has 1 aliphatic carbocycles. The van der Waals surface area contributed by atoms with Gasteiger partial charge in [0.05, 0.1) is 0 Å². The summed E-state index contributed by atoms with van der Waals surface area (Å²) in [4.78, 5) is 0. The molecule has 1 aromatic carbocycles. The summed E-state index contributed by atoms with van der Waals surface area (Å²) in [5.41, 5.74) is 3.25.